The molecule has 0 aliphatic carbocycles. The molecular formula is C19H19NO3S2. The van der Waals surface area contributed by atoms with Crippen LogP contribution in [0.2, 0.25) is 0 Å². The predicted octanol–water partition coefficient (Wildman–Crippen LogP) is 3.89. The van der Waals surface area contributed by atoms with Gasteiger partial charge in [-0.2, -0.15) is 0 Å². The SMILES string of the molecule is Cc1cccc(OCC(=O)NCc2ccc(C(O)c3cccs3)s2)c1. The van der Waals surface area contributed by atoms with Crippen LogP contribution in [0, 0.1) is 6.92 Å². The van der Waals surface area contributed by atoms with E-state index in [1.54, 1.807) is 0 Å². The number of aliphatic hydroxyl groups excluding tert-OH is 1. The first kappa shape index (κ1) is 17.7. The van der Waals surface area contributed by atoms with E-state index >= 15 is 0 Å². The van der Waals surface area contributed by atoms with Gasteiger partial charge in [0.05, 0.1) is 6.54 Å². The Bertz CT molecular complexity index is 827. The van der Waals surface area contributed by atoms with E-state index in [-0.39, 0.29) is 12.5 Å². The molecule has 1 unspecified atom stereocenters. The van der Waals surface area contributed by atoms with E-state index in [1.165, 1.54) is 22.7 Å². The minimum atomic E-state index is -0.598. The van der Waals surface area contributed by atoms with Crippen molar-refractivity contribution in [2.24, 2.45) is 0 Å². The molecule has 0 bridgehead atoms. The van der Waals surface area contributed by atoms with Crippen molar-refractivity contribution in [2.75, 3.05) is 6.61 Å². The zero-order chi connectivity index (χ0) is 17.6. The molecule has 0 aliphatic rings. The van der Waals surface area contributed by atoms with E-state index in [1.807, 2.05) is 60.8 Å². The van der Waals surface area contributed by atoms with Crippen molar-refractivity contribution >= 4 is 28.6 Å². The summed E-state index contributed by atoms with van der Waals surface area (Å²) < 4.78 is 5.48. The van der Waals surface area contributed by atoms with Gasteiger partial charge in [0, 0.05) is 14.6 Å². The number of amides is 1. The maximum atomic E-state index is 11.9. The number of aryl methyl sites for hydroxylation is 1. The molecule has 0 saturated heterocycles. The van der Waals surface area contributed by atoms with E-state index in [2.05, 4.69) is 5.32 Å². The van der Waals surface area contributed by atoms with Crippen molar-refractivity contribution < 1.29 is 14.6 Å². The van der Waals surface area contributed by atoms with Gasteiger partial charge >= 0.3 is 0 Å². The van der Waals surface area contributed by atoms with Crippen LogP contribution >= 0.6 is 22.7 Å². The number of ether oxygens (including phenoxy) is 1. The maximum absolute atomic E-state index is 11.9. The van der Waals surface area contributed by atoms with Gasteiger partial charge in [0.1, 0.15) is 11.9 Å². The molecule has 0 aliphatic heterocycles. The molecule has 25 heavy (non-hydrogen) atoms. The van der Waals surface area contributed by atoms with Crippen molar-refractivity contribution in [3.8, 4) is 5.75 Å². The fourth-order valence-electron chi connectivity index (χ4n) is 2.31. The third-order valence-corrected chi connectivity index (χ3v) is 5.65. The molecule has 4 nitrogen and oxygen atoms in total. The number of benzene rings is 1. The molecule has 3 rings (SSSR count). The molecule has 0 fully saturated rings. The number of carbonyl (C=O) groups is 1. The van der Waals surface area contributed by atoms with Gasteiger partial charge in [-0.15, -0.1) is 22.7 Å². The monoisotopic (exact) mass is 373 g/mol. The third kappa shape index (κ3) is 4.92. The largest absolute Gasteiger partial charge is 0.484 e. The molecule has 1 atom stereocenters. The number of carbonyl (C=O) groups excluding carboxylic acids is 1. The maximum Gasteiger partial charge on any atom is 0.258 e. The molecule has 0 radical (unpaired) electrons. The van der Waals surface area contributed by atoms with Gasteiger partial charge < -0.3 is 15.2 Å². The Morgan fingerprint density at radius 3 is 2.84 bits per heavy atom. The molecule has 2 N–H and O–H groups in total. The van der Waals surface area contributed by atoms with Crippen LogP contribution in [0.4, 0.5) is 0 Å². The summed E-state index contributed by atoms with van der Waals surface area (Å²) in [6, 6.07) is 15.3. The van der Waals surface area contributed by atoms with Crippen LogP contribution in [-0.2, 0) is 11.3 Å². The summed E-state index contributed by atoms with van der Waals surface area (Å²) >= 11 is 3.03. The van der Waals surface area contributed by atoms with Crippen LogP contribution in [-0.4, -0.2) is 17.6 Å². The third-order valence-electron chi connectivity index (χ3n) is 3.58. The number of aliphatic hydroxyl groups is 1. The van der Waals surface area contributed by atoms with E-state index in [0.717, 1.165) is 20.2 Å². The van der Waals surface area contributed by atoms with E-state index < -0.39 is 6.10 Å². The molecule has 3 aromatic rings. The van der Waals surface area contributed by atoms with Gasteiger partial charge in [-0.25, -0.2) is 0 Å². The smallest absolute Gasteiger partial charge is 0.258 e. The number of hydrogen-bond acceptors (Lipinski definition) is 5. The number of rotatable bonds is 7. The predicted molar refractivity (Wildman–Crippen MR) is 101 cm³/mol. The summed E-state index contributed by atoms with van der Waals surface area (Å²) in [5, 5.41) is 15.1. The van der Waals surface area contributed by atoms with Crippen molar-refractivity contribution in [3.63, 3.8) is 0 Å². The Hall–Kier alpha value is -2.15. The molecule has 130 valence electrons. The van der Waals surface area contributed by atoms with Crippen LogP contribution in [0.5, 0.6) is 5.75 Å². The minimum Gasteiger partial charge on any atom is -0.484 e. The highest BCUT2D eigenvalue weighted by molar-refractivity contribution is 7.12. The average Bonchev–Trinajstić information content (AvgIpc) is 3.29. The normalized spacial score (nSPS) is 11.9. The second kappa shape index (κ2) is 8.29. The standard InChI is InChI=1S/C19H19NO3S2/c1-13-4-2-5-14(10-13)23-12-18(21)20-11-15-7-8-17(25-15)19(22)16-6-3-9-24-16/h2-10,19,22H,11-12H2,1H3,(H,20,21). The highest BCUT2D eigenvalue weighted by atomic mass is 32.1. The molecule has 0 saturated carbocycles. The van der Waals surface area contributed by atoms with Gasteiger partial charge in [0.15, 0.2) is 6.61 Å². The fourth-order valence-corrected chi connectivity index (χ4v) is 4.07. The number of nitrogens with one attached hydrogen (secondary N) is 1. The first-order valence-electron chi connectivity index (χ1n) is 7.88. The average molecular weight is 373 g/mol. The van der Waals surface area contributed by atoms with E-state index in [9.17, 15) is 9.90 Å². The van der Waals surface area contributed by atoms with Crippen LogP contribution in [0.3, 0.4) is 0 Å². The molecule has 2 aromatic heterocycles. The zero-order valence-electron chi connectivity index (χ0n) is 13.8. The first-order chi connectivity index (χ1) is 12.1. The zero-order valence-corrected chi connectivity index (χ0v) is 15.4. The van der Waals surface area contributed by atoms with Crippen molar-refractivity contribution in [2.45, 2.75) is 19.6 Å². The van der Waals surface area contributed by atoms with Crippen LogP contribution in [0.15, 0.2) is 53.9 Å². The summed E-state index contributed by atoms with van der Waals surface area (Å²) in [4.78, 5) is 14.7. The Kier molecular flexibility index (Phi) is 5.86. The molecule has 1 aromatic carbocycles. The molecule has 0 spiro atoms. The lowest BCUT2D eigenvalue weighted by Gasteiger charge is -2.07. The van der Waals surface area contributed by atoms with Gasteiger partial charge in [0.2, 0.25) is 0 Å². The highest BCUT2D eigenvalue weighted by Crippen LogP contribution is 2.30. The van der Waals surface area contributed by atoms with E-state index in [4.69, 9.17) is 4.74 Å². The topological polar surface area (TPSA) is 58.6 Å². The van der Waals surface area contributed by atoms with Gasteiger partial charge in [-0.3, -0.25) is 4.79 Å². The van der Waals surface area contributed by atoms with Gasteiger partial charge in [0.25, 0.3) is 5.91 Å². The first-order valence-corrected chi connectivity index (χ1v) is 9.57. The Balaban J connectivity index is 1.48. The Morgan fingerprint density at radius 1 is 1.20 bits per heavy atom. The van der Waals surface area contributed by atoms with Crippen LogP contribution < -0.4 is 10.1 Å². The lowest BCUT2D eigenvalue weighted by Crippen LogP contribution is -2.28. The van der Waals surface area contributed by atoms with Gasteiger partial charge in [-0.1, -0.05) is 18.2 Å². The van der Waals surface area contributed by atoms with Crippen LogP contribution in [0.25, 0.3) is 0 Å². The summed E-state index contributed by atoms with van der Waals surface area (Å²) in [5.41, 5.74) is 1.09. The number of thiophene rings is 2. The lowest BCUT2D eigenvalue weighted by molar-refractivity contribution is -0.123. The minimum absolute atomic E-state index is 0.0144. The molecule has 1 amide bonds. The molecular weight excluding hydrogens is 354 g/mol. The lowest BCUT2D eigenvalue weighted by atomic mass is 10.2. The summed E-state index contributed by atoms with van der Waals surface area (Å²) in [6.07, 6.45) is -0.598. The summed E-state index contributed by atoms with van der Waals surface area (Å²) in [7, 11) is 0. The quantitative estimate of drug-likeness (QED) is 0.660. The van der Waals surface area contributed by atoms with Crippen LogP contribution in [0.1, 0.15) is 26.3 Å². The second-order valence-electron chi connectivity index (χ2n) is 5.60. The molecule has 6 heteroatoms. The Labute approximate surface area is 154 Å². The Morgan fingerprint density at radius 2 is 2.08 bits per heavy atom. The molecule has 2 heterocycles. The van der Waals surface area contributed by atoms with Gasteiger partial charge in [-0.05, 0) is 48.2 Å². The summed E-state index contributed by atoms with van der Waals surface area (Å²) in [5.74, 6) is 0.517. The summed E-state index contributed by atoms with van der Waals surface area (Å²) in [6.45, 7) is 2.39. The highest BCUT2D eigenvalue weighted by Gasteiger charge is 2.14. The fraction of sp³-hybridized carbons (Fsp3) is 0.211. The van der Waals surface area contributed by atoms with Crippen molar-refractivity contribution in [1.82, 2.24) is 5.32 Å². The van der Waals surface area contributed by atoms with Crippen molar-refractivity contribution in [3.05, 3.63) is 74.1 Å². The second-order valence-corrected chi connectivity index (χ2v) is 7.78. The number of hydrogen-bond donors (Lipinski definition) is 2. The van der Waals surface area contributed by atoms with E-state index in [0.29, 0.717) is 12.3 Å². The van der Waals surface area contributed by atoms with Crippen molar-refractivity contribution in [1.29, 1.82) is 0 Å².